The van der Waals surface area contributed by atoms with Gasteiger partial charge in [-0.15, -0.1) is 0 Å². The number of hydrogen-bond donors (Lipinski definition) is 0. The highest BCUT2D eigenvalue weighted by Crippen LogP contribution is 2.37. The first-order chi connectivity index (χ1) is 11.7. The zero-order chi connectivity index (χ0) is 18.6. The predicted molar refractivity (Wildman–Crippen MR) is 103 cm³/mol. The molecule has 0 aliphatic heterocycles. The highest BCUT2D eigenvalue weighted by molar-refractivity contribution is 9.28. The van der Waals surface area contributed by atoms with Crippen LogP contribution in [0.2, 0.25) is 0 Å². The number of benzene rings is 1. The molecule has 0 aliphatic carbocycles. The molecule has 25 heavy (non-hydrogen) atoms. The van der Waals surface area contributed by atoms with Crippen molar-refractivity contribution in [1.82, 2.24) is 4.98 Å². The molecule has 0 aliphatic rings. The van der Waals surface area contributed by atoms with Gasteiger partial charge in [-0.05, 0) is 94.1 Å². The molecule has 0 atom stereocenters. The SMILES string of the molecule is FC(F)(F)c1cnc(Oc2ccc(OCC=C(Br)Br)cc2Br)c(Br)c1. The Kier molecular flexibility index (Phi) is 7.36. The minimum absolute atomic E-state index is 0.0218. The number of halogens is 7. The van der Waals surface area contributed by atoms with Gasteiger partial charge in [-0.25, -0.2) is 4.98 Å². The van der Waals surface area contributed by atoms with Crippen LogP contribution in [0.4, 0.5) is 13.2 Å². The van der Waals surface area contributed by atoms with Gasteiger partial charge in [0, 0.05) is 6.20 Å². The molecule has 0 saturated carbocycles. The van der Waals surface area contributed by atoms with Crippen molar-refractivity contribution < 1.29 is 22.6 Å². The van der Waals surface area contributed by atoms with Gasteiger partial charge in [0.05, 0.1) is 17.9 Å². The van der Waals surface area contributed by atoms with Crippen LogP contribution in [0.5, 0.6) is 17.4 Å². The van der Waals surface area contributed by atoms with E-state index in [9.17, 15) is 13.2 Å². The summed E-state index contributed by atoms with van der Waals surface area (Å²) in [5.41, 5.74) is -0.861. The average Bonchev–Trinajstić information content (AvgIpc) is 2.50. The molecule has 0 amide bonds. The number of hydrogen-bond acceptors (Lipinski definition) is 3. The standard InChI is InChI=1S/C15H8Br4F3NO2/c16-10-6-9(24-4-3-13(18)19)1-2-12(10)25-14-11(17)5-8(7-23-14)15(20,21)22/h1-3,5-7H,4H2. The number of rotatable bonds is 5. The van der Waals surface area contributed by atoms with Crippen molar-refractivity contribution in [3.8, 4) is 17.4 Å². The topological polar surface area (TPSA) is 31.4 Å². The Morgan fingerprint density at radius 2 is 1.84 bits per heavy atom. The highest BCUT2D eigenvalue weighted by Gasteiger charge is 2.31. The molecule has 0 N–H and O–H groups in total. The maximum atomic E-state index is 12.7. The lowest BCUT2D eigenvalue weighted by atomic mass is 10.3. The van der Waals surface area contributed by atoms with E-state index in [1.807, 2.05) is 0 Å². The summed E-state index contributed by atoms with van der Waals surface area (Å²) in [6, 6.07) is 5.90. The van der Waals surface area contributed by atoms with Crippen LogP contribution in [0.15, 0.2) is 48.9 Å². The molecule has 0 unspecified atom stereocenters. The van der Waals surface area contributed by atoms with E-state index in [1.54, 1.807) is 24.3 Å². The van der Waals surface area contributed by atoms with Crippen molar-refractivity contribution >= 4 is 63.7 Å². The molecular weight excluding hydrogens is 603 g/mol. The Hall–Kier alpha value is -0.580. The van der Waals surface area contributed by atoms with Crippen LogP contribution in [-0.2, 0) is 6.18 Å². The third-order valence-electron chi connectivity index (χ3n) is 2.73. The van der Waals surface area contributed by atoms with Gasteiger partial charge in [-0.1, -0.05) is 0 Å². The van der Waals surface area contributed by atoms with Gasteiger partial charge < -0.3 is 9.47 Å². The van der Waals surface area contributed by atoms with E-state index in [0.29, 0.717) is 22.6 Å². The van der Waals surface area contributed by atoms with Gasteiger partial charge in [-0.2, -0.15) is 13.2 Å². The summed E-state index contributed by atoms with van der Waals surface area (Å²) in [4.78, 5) is 3.71. The quantitative estimate of drug-likeness (QED) is 0.353. The fraction of sp³-hybridized carbons (Fsp3) is 0.133. The third kappa shape index (κ3) is 6.26. The lowest BCUT2D eigenvalue weighted by Crippen LogP contribution is -2.06. The van der Waals surface area contributed by atoms with Gasteiger partial charge in [0.1, 0.15) is 18.1 Å². The van der Waals surface area contributed by atoms with Gasteiger partial charge >= 0.3 is 6.18 Å². The van der Waals surface area contributed by atoms with Crippen LogP contribution < -0.4 is 9.47 Å². The largest absolute Gasteiger partial charge is 0.489 e. The maximum absolute atomic E-state index is 12.7. The lowest BCUT2D eigenvalue weighted by Gasteiger charge is -2.12. The number of nitrogens with zero attached hydrogens (tertiary/aromatic N) is 1. The zero-order valence-electron chi connectivity index (χ0n) is 12.1. The van der Waals surface area contributed by atoms with E-state index in [2.05, 4.69) is 68.7 Å². The molecule has 0 saturated heterocycles. The molecule has 1 aromatic heterocycles. The van der Waals surface area contributed by atoms with E-state index < -0.39 is 11.7 Å². The van der Waals surface area contributed by atoms with Crippen LogP contribution in [0.3, 0.4) is 0 Å². The first kappa shape index (κ1) is 20.7. The number of pyridine rings is 1. The Bertz CT molecular complexity index is 793. The Morgan fingerprint density at radius 3 is 2.40 bits per heavy atom. The normalized spacial score (nSPS) is 11.2. The molecule has 134 valence electrons. The Balaban J connectivity index is 2.14. The second-order valence-electron chi connectivity index (χ2n) is 4.51. The molecule has 0 bridgehead atoms. The van der Waals surface area contributed by atoms with Crippen LogP contribution >= 0.6 is 63.7 Å². The molecule has 0 radical (unpaired) electrons. The number of aromatic nitrogens is 1. The average molecular weight is 611 g/mol. The highest BCUT2D eigenvalue weighted by atomic mass is 79.9. The summed E-state index contributed by atoms with van der Waals surface area (Å²) in [6.07, 6.45) is -1.97. The fourth-order valence-electron chi connectivity index (χ4n) is 1.61. The molecule has 0 spiro atoms. The van der Waals surface area contributed by atoms with Gasteiger partial charge in [0.2, 0.25) is 5.88 Å². The third-order valence-corrected chi connectivity index (χ3v) is 4.57. The predicted octanol–water partition coefficient (Wildman–Crippen LogP) is 7.43. The van der Waals surface area contributed by atoms with Crippen LogP contribution in [-0.4, -0.2) is 11.6 Å². The second kappa shape index (κ2) is 8.88. The summed E-state index contributed by atoms with van der Waals surface area (Å²) >= 11 is 12.8. The maximum Gasteiger partial charge on any atom is 0.417 e. The summed E-state index contributed by atoms with van der Waals surface area (Å²) in [7, 11) is 0. The van der Waals surface area contributed by atoms with E-state index in [1.165, 1.54) is 0 Å². The summed E-state index contributed by atoms with van der Waals surface area (Å²) in [6.45, 7) is 0.352. The molecule has 0 fully saturated rings. The summed E-state index contributed by atoms with van der Waals surface area (Å²) in [5.74, 6) is 1.00. The van der Waals surface area contributed by atoms with Crippen LogP contribution in [0.25, 0.3) is 0 Å². The summed E-state index contributed by atoms with van der Waals surface area (Å²) in [5, 5.41) is 0. The lowest BCUT2D eigenvalue weighted by molar-refractivity contribution is -0.137. The number of alkyl halides is 3. The molecule has 2 rings (SSSR count). The van der Waals surface area contributed by atoms with E-state index >= 15 is 0 Å². The number of ether oxygens (including phenoxy) is 2. The smallest absolute Gasteiger partial charge is 0.417 e. The van der Waals surface area contributed by atoms with Gasteiger partial charge in [-0.3, -0.25) is 0 Å². The van der Waals surface area contributed by atoms with Crippen molar-refractivity contribution in [2.75, 3.05) is 6.61 Å². The van der Waals surface area contributed by atoms with E-state index in [-0.39, 0.29) is 10.4 Å². The van der Waals surface area contributed by atoms with Crippen molar-refractivity contribution in [2.45, 2.75) is 6.18 Å². The van der Waals surface area contributed by atoms with Crippen LogP contribution in [0.1, 0.15) is 5.56 Å². The van der Waals surface area contributed by atoms with E-state index in [4.69, 9.17) is 9.47 Å². The fourth-order valence-corrected chi connectivity index (χ4v) is 2.75. The van der Waals surface area contributed by atoms with Crippen molar-refractivity contribution in [3.05, 3.63) is 54.4 Å². The van der Waals surface area contributed by atoms with E-state index in [0.717, 1.165) is 15.7 Å². The van der Waals surface area contributed by atoms with Gasteiger partial charge in [0.25, 0.3) is 0 Å². The second-order valence-corrected chi connectivity index (χ2v) is 8.99. The van der Waals surface area contributed by atoms with Crippen molar-refractivity contribution in [1.29, 1.82) is 0 Å². The molecule has 1 aromatic carbocycles. The Morgan fingerprint density at radius 1 is 1.12 bits per heavy atom. The first-order valence-electron chi connectivity index (χ1n) is 6.51. The monoisotopic (exact) mass is 607 g/mol. The zero-order valence-corrected chi connectivity index (χ0v) is 18.4. The van der Waals surface area contributed by atoms with Crippen molar-refractivity contribution in [3.63, 3.8) is 0 Å². The van der Waals surface area contributed by atoms with Crippen LogP contribution in [0, 0.1) is 0 Å². The minimum Gasteiger partial charge on any atom is -0.489 e. The molecule has 10 heteroatoms. The minimum atomic E-state index is -4.47. The van der Waals surface area contributed by atoms with Gasteiger partial charge in [0.15, 0.2) is 0 Å². The molecule has 2 aromatic rings. The molecule has 1 heterocycles. The first-order valence-corrected chi connectivity index (χ1v) is 9.68. The molecule has 3 nitrogen and oxygen atoms in total. The summed E-state index contributed by atoms with van der Waals surface area (Å²) < 4.78 is 50.5. The van der Waals surface area contributed by atoms with Crippen molar-refractivity contribution in [2.24, 2.45) is 0 Å². The Labute approximate surface area is 175 Å². The molecular formula is C15H8Br4F3NO2.